The molecule has 2 aliphatic rings. The lowest BCUT2D eigenvalue weighted by atomic mass is 9.93. The molecule has 34 heavy (non-hydrogen) atoms. The Labute approximate surface area is 198 Å². The monoisotopic (exact) mass is 503 g/mol. The molecular weight excluding hydrogens is 481 g/mol. The number of rotatable bonds is 7. The molecule has 10 heteroatoms. The highest BCUT2D eigenvalue weighted by molar-refractivity contribution is 6.30. The summed E-state index contributed by atoms with van der Waals surface area (Å²) in [5, 5.41) is 8.60. The highest BCUT2D eigenvalue weighted by Crippen LogP contribution is 2.45. The highest BCUT2D eigenvalue weighted by Gasteiger charge is 2.37. The van der Waals surface area contributed by atoms with E-state index in [-0.39, 0.29) is 56.1 Å². The molecule has 0 bridgehead atoms. The number of likely N-dealkylation sites (tertiary alicyclic amines) is 1. The summed E-state index contributed by atoms with van der Waals surface area (Å²) < 4.78 is 74.6. The number of carbonyl (C=O) groups is 1. The number of nitrogens with zero attached hydrogens (tertiary/aromatic N) is 1. The zero-order valence-corrected chi connectivity index (χ0v) is 18.9. The lowest BCUT2D eigenvalue weighted by Crippen LogP contribution is -2.44. The van der Waals surface area contributed by atoms with Crippen LogP contribution in [0.15, 0.2) is 30.3 Å². The van der Waals surface area contributed by atoms with Crippen LogP contribution in [0.1, 0.15) is 58.6 Å². The number of halogens is 6. The van der Waals surface area contributed by atoms with Gasteiger partial charge < -0.3 is 9.84 Å². The van der Waals surface area contributed by atoms with Crippen LogP contribution < -0.4 is 4.74 Å². The first-order valence-electron chi connectivity index (χ1n) is 10.9. The fourth-order valence-electron chi connectivity index (χ4n) is 4.16. The Morgan fingerprint density at radius 2 is 1.85 bits per heavy atom. The third-order valence-electron chi connectivity index (χ3n) is 6.34. The zero-order valence-electron chi connectivity index (χ0n) is 18.1. The molecule has 0 spiro atoms. The van der Waals surface area contributed by atoms with E-state index in [9.17, 15) is 27.5 Å². The van der Waals surface area contributed by atoms with Crippen molar-refractivity contribution in [3.63, 3.8) is 0 Å². The van der Waals surface area contributed by atoms with E-state index in [0.717, 1.165) is 24.5 Å². The summed E-state index contributed by atoms with van der Waals surface area (Å²) in [5.74, 6) is -1.28. The van der Waals surface area contributed by atoms with Crippen molar-refractivity contribution in [1.29, 1.82) is 0 Å². The van der Waals surface area contributed by atoms with Gasteiger partial charge in [0, 0.05) is 25.2 Å². The summed E-state index contributed by atoms with van der Waals surface area (Å²) in [5.41, 5.74) is -1.96. The Hall–Kier alpha value is -2.39. The van der Waals surface area contributed by atoms with Crippen LogP contribution in [0, 0.1) is 5.82 Å². The van der Waals surface area contributed by atoms with E-state index in [0.29, 0.717) is 11.8 Å². The maximum absolute atomic E-state index is 15.4. The third-order valence-corrected chi connectivity index (χ3v) is 6.61. The molecule has 0 radical (unpaired) electrons. The maximum atomic E-state index is 15.4. The van der Waals surface area contributed by atoms with Crippen molar-refractivity contribution in [2.75, 3.05) is 19.7 Å². The Balaban J connectivity index is 1.38. The first kappa shape index (κ1) is 24.7. The third kappa shape index (κ3) is 5.63. The molecule has 1 saturated heterocycles. The number of ether oxygens (including phenoxy) is 1. The summed E-state index contributed by atoms with van der Waals surface area (Å²) in [7, 11) is 0. The molecule has 1 N–H and O–H groups in total. The van der Waals surface area contributed by atoms with Gasteiger partial charge in [-0.1, -0.05) is 11.6 Å². The number of carboxylic acids is 1. The van der Waals surface area contributed by atoms with Crippen molar-refractivity contribution in [1.82, 2.24) is 4.90 Å². The van der Waals surface area contributed by atoms with E-state index < -0.39 is 34.2 Å². The van der Waals surface area contributed by atoms with Gasteiger partial charge in [-0.05, 0) is 67.5 Å². The second kappa shape index (κ2) is 9.34. The van der Waals surface area contributed by atoms with E-state index in [4.69, 9.17) is 16.3 Å². The van der Waals surface area contributed by atoms with Crippen molar-refractivity contribution in [3.8, 4) is 5.75 Å². The standard InChI is InChI=1S/C24H23ClF5NO3/c25-19-11-17(24(28,29)30)9-16(21(19)26)12-31-7-5-23(27,6-8-31)13-34-20-4-3-15(22(32)33)10-18(20)14-1-2-14/h3-4,9-11,14H,1-2,5-8,12-13H2,(H,32,33). The van der Waals surface area contributed by atoms with Gasteiger partial charge >= 0.3 is 12.1 Å². The minimum atomic E-state index is -4.65. The number of benzene rings is 2. The summed E-state index contributed by atoms with van der Waals surface area (Å²) in [6.07, 6.45) is -2.68. The Bertz CT molecular complexity index is 1080. The van der Waals surface area contributed by atoms with Crippen LogP contribution in [0.4, 0.5) is 22.0 Å². The topological polar surface area (TPSA) is 49.8 Å². The van der Waals surface area contributed by atoms with Crippen LogP contribution >= 0.6 is 11.6 Å². The van der Waals surface area contributed by atoms with E-state index >= 15 is 4.39 Å². The molecule has 0 atom stereocenters. The van der Waals surface area contributed by atoms with E-state index in [1.807, 2.05) is 0 Å². The fraction of sp³-hybridized carbons (Fsp3) is 0.458. The second-order valence-corrected chi connectivity index (χ2v) is 9.38. The van der Waals surface area contributed by atoms with Crippen LogP contribution in [0.3, 0.4) is 0 Å². The molecule has 0 aromatic heterocycles. The molecular formula is C24H23ClF5NO3. The molecule has 1 saturated carbocycles. The number of alkyl halides is 4. The summed E-state index contributed by atoms with van der Waals surface area (Å²) in [6, 6.07) is 5.83. The Morgan fingerprint density at radius 1 is 1.18 bits per heavy atom. The van der Waals surface area contributed by atoms with Gasteiger partial charge in [0.2, 0.25) is 0 Å². The SMILES string of the molecule is O=C(O)c1ccc(OCC2(F)CCN(Cc3cc(C(F)(F)F)cc(Cl)c3F)CC2)c(C2CC2)c1. The van der Waals surface area contributed by atoms with Crippen LogP contribution in [0.2, 0.25) is 5.02 Å². The molecule has 0 unspecified atom stereocenters. The van der Waals surface area contributed by atoms with E-state index in [2.05, 4.69) is 0 Å². The fourth-order valence-corrected chi connectivity index (χ4v) is 4.39. The number of carboxylic acid groups (broad SMARTS) is 1. The normalized spacial score (nSPS) is 18.6. The summed E-state index contributed by atoms with van der Waals surface area (Å²) in [6.45, 7) is 0.0762. The van der Waals surface area contributed by atoms with Crippen LogP contribution in [-0.2, 0) is 12.7 Å². The van der Waals surface area contributed by atoms with Gasteiger partial charge in [0.05, 0.1) is 16.1 Å². The van der Waals surface area contributed by atoms with Gasteiger partial charge in [-0.3, -0.25) is 4.90 Å². The second-order valence-electron chi connectivity index (χ2n) is 8.98. The summed E-state index contributed by atoms with van der Waals surface area (Å²) >= 11 is 5.65. The first-order valence-corrected chi connectivity index (χ1v) is 11.3. The minimum Gasteiger partial charge on any atom is -0.490 e. The Kier molecular flexibility index (Phi) is 6.79. The number of aromatic carboxylic acids is 1. The molecule has 2 fully saturated rings. The van der Waals surface area contributed by atoms with Crippen molar-refractivity contribution in [2.24, 2.45) is 0 Å². The van der Waals surface area contributed by atoms with Gasteiger partial charge in [0.25, 0.3) is 0 Å². The van der Waals surface area contributed by atoms with Gasteiger partial charge in [0.15, 0.2) is 0 Å². The number of hydrogen-bond acceptors (Lipinski definition) is 3. The predicted octanol–water partition coefficient (Wildman–Crippen LogP) is 6.46. The lowest BCUT2D eigenvalue weighted by molar-refractivity contribution is -0.137. The van der Waals surface area contributed by atoms with Crippen molar-refractivity contribution >= 4 is 17.6 Å². The van der Waals surface area contributed by atoms with Gasteiger partial charge in [-0.15, -0.1) is 0 Å². The molecule has 4 rings (SSSR count). The molecule has 2 aromatic carbocycles. The molecule has 184 valence electrons. The van der Waals surface area contributed by atoms with Gasteiger partial charge in [0.1, 0.15) is 23.8 Å². The van der Waals surface area contributed by atoms with Crippen molar-refractivity contribution in [3.05, 3.63) is 63.4 Å². The quantitative estimate of drug-likeness (QED) is 0.441. The smallest absolute Gasteiger partial charge is 0.416 e. The first-order chi connectivity index (χ1) is 15.9. The molecule has 4 nitrogen and oxygen atoms in total. The van der Waals surface area contributed by atoms with Crippen LogP contribution in [-0.4, -0.2) is 41.3 Å². The molecule has 1 aliphatic carbocycles. The largest absolute Gasteiger partial charge is 0.490 e. The maximum Gasteiger partial charge on any atom is 0.416 e. The minimum absolute atomic E-state index is 0.0628. The lowest BCUT2D eigenvalue weighted by Gasteiger charge is -2.36. The summed E-state index contributed by atoms with van der Waals surface area (Å²) in [4.78, 5) is 12.9. The van der Waals surface area contributed by atoms with Crippen molar-refractivity contribution < 1.29 is 36.6 Å². The Morgan fingerprint density at radius 3 is 2.44 bits per heavy atom. The number of hydrogen-bond donors (Lipinski definition) is 1. The molecule has 1 aliphatic heterocycles. The zero-order chi connectivity index (χ0) is 24.7. The molecule has 2 aromatic rings. The van der Waals surface area contributed by atoms with E-state index in [1.54, 1.807) is 17.0 Å². The van der Waals surface area contributed by atoms with Gasteiger partial charge in [-0.25, -0.2) is 13.6 Å². The highest BCUT2D eigenvalue weighted by atomic mass is 35.5. The van der Waals surface area contributed by atoms with Gasteiger partial charge in [-0.2, -0.15) is 13.2 Å². The van der Waals surface area contributed by atoms with Crippen LogP contribution in [0.25, 0.3) is 0 Å². The average Bonchev–Trinajstić information content (AvgIpc) is 3.61. The molecule has 0 amide bonds. The number of piperidine rings is 1. The predicted molar refractivity (Wildman–Crippen MR) is 116 cm³/mol. The molecule has 1 heterocycles. The van der Waals surface area contributed by atoms with Crippen LogP contribution in [0.5, 0.6) is 5.75 Å². The van der Waals surface area contributed by atoms with Crippen molar-refractivity contribution in [2.45, 2.75) is 50.0 Å². The average molecular weight is 504 g/mol. The van der Waals surface area contributed by atoms with E-state index in [1.165, 1.54) is 6.07 Å².